The third-order valence-electron chi connectivity index (χ3n) is 9.04. The van der Waals surface area contributed by atoms with Gasteiger partial charge in [0.05, 0.1) is 5.52 Å². The third-order valence-corrected chi connectivity index (χ3v) is 10.2. The number of aromatic nitrogens is 2. The Kier molecular flexibility index (Phi) is 4.63. The van der Waals surface area contributed by atoms with Crippen LogP contribution in [-0.4, -0.2) is 9.97 Å². The Morgan fingerprint density at radius 3 is 1.95 bits per heavy atom. The van der Waals surface area contributed by atoms with E-state index < -0.39 is 0 Å². The molecule has 0 fully saturated rings. The fraction of sp³-hybridized carbons (Fsp3) is 0. The van der Waals surface area contributed by atoms with Crippen molar-refractivity contribution in [1.82, 2.24) is 9.97 Å². The minimum Gasteiger partial charge on any atom is -0.236 e. The maximum Gasteiger partial charge on any atom is 0.159 e. The zero-order valence-electron chi connectivity index (χ0n) is 23.0. The van der Waals surface area contributed by atoms with Gasteiger partial charge in [-0.25, -0.2) is 9.97 Å². The van der Waals surface area contributed by atoms with E-state index in [1.54, 1.807) is 0 Å². The van der Waals surface area contributed by atoms with Crippen molar-refractivity contribution in [2.45, 2.75) is 0 Å². The lowest BCUT2D eigenvalue weighted by atomic mass is 9.95. The van der Waals surface area contributed by atoms with E-state index >= 15 is 0 Å². The highest BCUT2D eigenvalue weighted by atomic mass is 32.1. The van der Waals surface area contributed by atoms with Crippen molar-refractivity contribution in [3.63, 3.8) is 0 Å². The first-order valence-electron chi connectivity index (χ1n) is 14.6. The maximum atomic E-state index is 5.18. The molecule has 0 atom stereocenters. The second kappa shape index (κ2) is 8.57. The molecule has 3 heteroatoms. The van der Waals surface area contributed by atoms with Crippen LogP contribution in [0.2, 0.25) is 0 Å². The van der Waals surface area contributed by atoms with Gasteiger partial charge in [0, 0.05) is 42.7 Å². The van der Waals surface area contributed by atoms with E-state index in [-0.39, 0.29) is 0 Å². The Hall–Kier alpha value is -5.38. The summed E-state index contributed by atoms with van der Waals surface area (Å²) in [5, 5.41) is 13.7. The lowest BCUT2D eigenvalue weighted by Gasteiger charge is -2.11. The molecular weight excluding hydrogens is 541 g/mol. The van der Waals surface area contributed by atoms with Crippen molar-refractivity contribution >= 4 is 85.5 Å². The molecule has 0 unspecified atom stereocenters. The van der Waals surface area contributed by atoms with Gasteiger partial charge in [-0.3, -0.25) is 0 Å². The fourth-order valence-corrected chi connectivity index (χ4v) is 8.32. The van der Waals surface area contributed by atoms with Crippen LogP contribution in [0.5, 0.6) is 0 Å². The maximum absolute atomic E-state index is 5.18. The summed E-state index contributed by atoms with van der Waals surface area (Å²) in [5.41, 5.74) is 4.54. The zero-order chi connectivity index (χ0) is 28.1. The number of hydrogen-bond donors (Lipinski definition) is 0. The van der Waals surface area contributed by atoms with E-state index in [0.717, 1.165) is 27.7 Å². The van der Waals surface area contributed by atoms with Crippen LogP contribution < -0.4 is 0 Å². The first kappa shape index (κ1) is 23.2. The molecule has 10 rings (SSSR count). The number of hydrogen-bond acceptors (Lipinski definition) is 3. The molecule has 0 aliphatic carbocycles. The van der Waals surface area contributed by atoms with E-state index in [0.29, 0.717) is 0 Å². The summed E-state index contributed by atoms with van der Waals surface area (Å²) >= 11 is 1.90. The highest BCUT2D eigenvalue weighted by Gasteiger charge is 2.16. The topological polar surface area (TPSA) is 25.8 Å². The monoisotopic (exact) mass is 562 g/mol. The summed E-state index contributed by atoms with van der Waals surface area (Å²) in [5.74, 6) is 0.748. The fourth-order valence-electron chi connectivity index (χ4n) is 7.01. The minimum atomic E-state index is 0.748. The largest absolute Gasteiger partial charge is 0.236 e. The number of fused-ring (bicyclic) bond motifs is 7. The van der Waals surface area contributed by atoms with Crippen LogP contribution in [-0.2, 0) is 0 Å². The van der Waals surface area contributed by atoms with Crippen LogP contribution in [0.1, 0.15) is 0 Å². The number of rotatable bonds is 2. The Bertz CT molecular complexity index is 2700. The Labute approximate surface area is 250 Å². The summed E-state index contributed by atoms with van der Waals surface area (Å²) < 4.78 is 2.71. The quantitative estimate of drug-likeness (QED) is 0.196. The standard InChI is InChI=1S/C40H22N2S/c1-2-9-32-30(7-1)31-8-3-4-10-33(31)38-34(32)22-41-40(42-38)27-17-13-23-12-16-26(20-28(23)21-27)29-19-18-25-15-14-24-6-5-11-35-36(24)37(25)39(29)43-35/h1-22H. The van der Waals surface area contributed by atoms with Crippen LogP contribution in [0.25, 0.3) is 96.7 Å². The van der Waals surface area contributed by atoms with E-state index in [9.17, 15) is 0 Å². The molecule has 0 bridgehead atoms. The summed E-state index contributed by atoms with van der Waals surface area (Å²) in [6, 6.07) is 46.2. The van der Waals surface area contributed by atoms with Gasteiger partial charge >= 0.3 is 0 Å². The molecule has 0 aliphatic heterocycles. The predicted molar refractivity (Wildman–Crippen MR) is 185 cm³/mol. The molecule has 0 amide bonds. The second-order valence-electron chi connectivity index (χ2n) is 11.4. The number of nitrogens with zero attached hydrogens (tertiary/aromatic N) is 2. The first-order chi connectivity index (χ1) is 21.3. The molecule has 2 heterocycles. The second-order valence-corrected chi connectivity index (χ2v) is 12.4. The lowest BCUT2D eigenvalue weighted by molar-refractivity contribution is 1.24. The van der Waals surface area contributed by atoms with Crippen molar-refractivity contribution in [3.05, 3.63) is 134 Å². The molecule has 0 N–H and O–H groups in total. The molecule has 0 radical (unpaired) electrons. The molecular formula is C40H22N2S. The van der Waals surface area contributed by atoms with Crippen LogP contribution in [0.3, 0.4) is 0 Å². The lowest BCUT2D eigenvalue weighted by Crippen LogP contribution is -1.93. The molecule has 2 aromatic heterocycles. The Morgan fingerprint density at radius 1 is 0.465 bits per heavy atom. The van der Waals surface area contributed by atoms with Crippen LogP contribution in [0.4, 0.5) is 0 Å². The first-order valence-corrected chi connectivity index (χ1v) is 15.4. The van der Waals surface area contributed by atoms with Crippen molar-refractivity contribution in [1.29, 1.82) is 0 Å². The van der Waals surface area contributed by atoms with Crippen molar-refractivity contribution in [3.8, 4) is 22.5 Å². The van der Waals surface area contributed by atoms with Gasteiger partial charge in [0.1, 0.15) is 0 Å². The molecule has 8 aromatic carbocycles. The van der Waals surface area contributed by atoms with Crippen molar-refractivity contribution in [2.75, 3.05) is 0 Å². The predicted octanol–water partition coefficient (Wildman–Crippen LogP) is 11.4. The summed E-state index contributed by atoms with van der Waals surface area (Å²) in [6.07, 6.45) is 2.00. The average molecular weight is 563 g/mol. The van der Waals surface area contributed by atoms with E-state index in [2.05, 4.69) is 127 Å². The van der Waals surface area contributed by atoms with Gasteiger partial charge in [0.25, 0.3) is 0 Å². The molecule has 0 aliphatic rings. The van der Waals surface area contributed by atoms with Crippen molar-refractivity contribution in [2.24, 2.45) is 0 Å². The molecule has 0 saturated carbocycles. The van der Waals surface area contributed by atoms with Gasteiger partial charge in [-0.15, -0.1) is 11.3 Å². The van der Waals surface area contributed by atoms with Crippen LogP contribution >= 0.6 is 11.3 Å². The number of benzene rings is 8. The number of thiophene rings is 1. The normalized spacial score (nSPS) is 12.2. The van der Waals surface area contributed by atoms with Gasteiger partial charge in [0.2, 0.25) is 0 Å². The van der Waals surface area contributed by atoms with Crippen molar-refractivity contribution < 1.29 is 0 Å². The highest BCUT2D eigenvalue weighted by molar-refractivity contribution is 7.26. The summed E-state index contributed by atoms with van der Waals surface area (Å²) in [7, 11) is 0. The van der Waals surface area contributed by atoms with E-state index in [4.69, 9.17) is 9.97 Å². The molecule has 0 spiro atoms. The third kappa shape index (κ3) is 3.28. The Balaban J connectivity index is 1.16. The smallest absolute Gasteiger partial charge is 0.159 e. The van der Waals surface area contributed by atoms with E-state index in [1.807, 2.05) is 17.5 Å². The van der Waals surface area contributed by atoms with E-state index in [1.165, 1.54) is 69.0 Å². The van der Waals surface area contributed by atoms with Gasteiger partial charge in [-0.2, -0.15) is 0 Å². The van der Waals surface area contributed by atoms with Gasteiger partial charge in [-0.05, 0) is 67.0 Å². The SMILES string of the molecule is c1cc2ccc3ccc(-c4ccc5ccc(-c6ncc7c8ccccc8c8ccccc8c7n6)cc5c4)c4sc(c1)c2c34. The van der Waals surface area contributed by atoms with Gasteiger partial charge < -0.3 is 0 Å². The van der Waals surface area contributed by atoms with Gasteiger partial charge in [-0.1, -0.05) is 109 Å². The highest BCUT2D eigenvalue weighted by Crippen LogP contribution is 2.45. The molecule has 2 nitrogen and oxygen atoms in total. The summed E-state index contributed by atoms with van der Waals surface area (Å²) in [6.45, 7) is 0. The van der Waals surface area contributed by atoms with Gasteiger partial charge in [0.15, 0.2) is 5.82 Å². The molecule has 43 heavy (non-hydrogen) atoms. The van der Waals surface area contributed by atoms with Crippen LogP contribution in [0.15, 0.2) is 134 Å². The Morgan fingerprint density at radius 2 is 1.12 bits per heavy atom. The average Bonchev–Trinajstić information content (AvgIpc) is 3.48. The molecule has 198 valence electrons. The summed E-state index contributed by atoms with van der Waals surface area (Å²) in [4.78, 5) is 10.1. The molecule has 10 aromatic rings. The van der Waals surface area contributed by atoms with Crippen LogP contribution in [0, 0.1) is 0 Å². The molecule has 0 saturated heterocycles. The zero-order valence-corrected chi connectivity index (χ0v) is 23.8. The minimum absolute atomic E-state index is 0.748.